The Morgan fingerprint density at radius 3 is 2.41 bits per heavy atom. The second-order valence-electron chi connectivity index (χ2n) is 4.41. The minimum Gasteiger partial charge on any atom is -0.469 e. The summed E-state index contributed by atoms with van der Waals surface area (Å²) < 4.78 is 4.57. The van der Waals surface area contributed by atoms with Crippen LogP contribution in [0.4, 0.5) is 0 Å². The fraction of sp³-hybridized carbons (Fsp3) is 0.786. The molecule has 0 bridgehead atoms. The summed E-state index contributed by atoms with van der Waals surface area (Å²) in [5.41, 5.74) is 0. The van der Waals surface area contributed by atoms with Crippen LogP contribution in [0.2, 0.25) is 0 Å². The van der Waals surface area contributed by atoms with E-state index in [0.717, 1.165) is 38.5 Å². The van der Waals surface area contributed by atoms with Crippen LogP contribution in [-0.4, -0.2) is 24.3 Å². The molecule has 0 aliphatic carbocycles. The van der Waals surface area contributed by atoms with E-state index in [2.05, 4.69) is 11.3 Å². The van der Waals surface area contributed by atoms with Crippen molar-refractivity contribution in [2.24, 2.45) is 0 Å². The number of esters is 1. The van der Waals surface area contributed by atoms with Crippen LogP contribution < -0.4 is 0 Å². The molecule has 0 heterocycles. The van der Waals surface area contributed by atoms with Gasteiger partial charge in [0.05, 0.1) is 13.2 Å². The fourth-order valence-corrected chi connectivity index (χ4v) is 1.77. The molecule has 0 rings (SSSR count). The lowest BCUT2D eigenvalue weighted by molar-refractivity contribution is -0.140. The highest BCUT2D eigenvalue weighted by atomic mass is 16.5. The molecule has 0 aromatic heterocycles. The summed E-state index contributed by atoms with van der Waals surface area (Å²) in [6.07, 6.45) is 10.2. The van der Waals surface area contributed by atoms with E-state index in [0.29, 0.717) is 12.8 Å². The number of carbonyl (C=O) groups is 1. The number of aliphatic hydroxyl groups is 1. The third kappa shape index (κ3) is 11.4. The Balaban J connectivity index is 3.13. The first-order valence-electron chi connectivity index (χ1n) is 6.56. The lowest BCUT2D eigenvalue weighted by Crippen LogP contribution is -2.03. The normalized spacial score (nSPS) is 12.1. The number of hydrogen-bond donors (Lipinski definition) is 1. The zero-order chi connectivity index (χ0) is 12.9. The van der Waals surface area contributed by atoms with Gasteiger partial charge in [-0.05, 0) is 19.3 Å². The standard InChI is InChI=1S/C14H26O3/c1-3-10-13(15)11-8-6-4-5-7-9-12-14(16)17-2/h3,13,15H,1,4-12H2,2H3/t13-/m0/s1. The largest absolute Gasteiger partial charge is 0.469 e. The van der Waals surface area contributed by atoms with Gasteiger partial charge >= 0.3 is 5.97 Å². The van der Waals surface area contributed by atoms with Gasteiger partial charge in [0.1, 0.15) is 0 Å². The lowest BCUT2D eigenvalue weighted by Gasteiger charge is -2.07. The van der Waals surface area contributed by atoms with Gasteiger partial charge in [0.25, 0.3) is 0 Å². The molecule has 0 fully saturated rings. The number of carbonyl (C=O) groups excluding carboxylic acids is 1. The van der Waals surface area contributed by atoms with E-state index in [1.807, 2.05) is 0 Å². The first-order chi connectivity index (χ1) is 8.20. The third-order valence-corrected chi connectivity index (χ3v) is 2.83. The predicted octanol–water partition coefficient (Wildman–Crippen LogP) is 3.22. The smallest absolute Gasteiger partial charge is 0.305 e. The zero-order valence-corrected chi connectivity index (χ0v) is 11.0. The molecular weight excluding hydrogens is 216 g/mol. The minimum atomic E-state index is -0.216. The number of aliphatic hydroxyl groups excluding tert-OH is 1. The molecule has 0 aliphatic heterocycles. The highest BCUT2D eigenvalue weighted by Crippen LogP contribution is 2.11. The Morgan fingerprint density at radius 1 is 1.24 bits per heavy atom. The van der Waals surface area contributed by atoms with E-state index in [9.17, 15) is 9.90 Å². The SMILES string of the molecule is C=CC[C@H](O)CCCCCCCCC(=O)OC. The van der Waals surface area contributed by atoms with Crippen molar-refractivity contribution < 1.29 is 14.6 Å². The molecule has 0 aromatic rings. The third-order valence-electron chi connectivity index (χ3n) is 2.83. The molecule has 1 N–H and O–H groups in total. The summed E-state index contributed by atoms with van der Waals surface area (Å²) in [6.45, 7) is 3.60. The topological polar surface area (TPSA) is 46.5 Å². The van der Waals surface area contributed by atoms with Crippen LogP contribution in [0.3, 0.4) is 0 Å². The first kappa shape index (κ1) is 16.2. The van der Waals surface area contributed by atoms with E-state index in [1.165, 1.54) is 13.5 Å². The maximum Gasteiger partial charge on any atom is 0.305 e. The van der Waals surface area contributed by atoms with Gasteiger partial charge < -0.3 is 9.84 Å². The summed E-state index contributed by atoms with van der Waals surface area (Å²) in [5.74, 6) is -0.113. The summed E-state index contributed by atoms with van der Waals surface area (Å²) in [5, 5.41) is 9.46. The summed E-state index contributed by atoms with van der Waals surface area (Å²) >= 11 is 0. The van der Waals surface area contributed by atoms with Gasteiger partial charge in [-0.3, -0.25) is 4.79 Å². The highest BCUT2D eigenvalue weighted by Gasteiger charge is 2.01. The van der Waals surface area contributed by atoms with Gasteiger partial charge in [0.2, 0.25) is 0 Å². The van der Waals surface area contributed by atoms with Crippen LogP contribution in [-0.2, 0) is 9.53 Å². The molecule has 3 nitrogen and oxygen atoms in total. The number of unbranched alkanes of at least 4 members (excludes halogenated alkanes) is 5. The van der Waals surface area contributed by atoms with Crippen LogP contribution in [0.15, 0.2) is 12.7 Å². The molecule has 1 atom stereocenters. The van der Waals surface area contributed by atoms with Crippen molar-refractivity contribution in [3.05, 3.63) is 12.7 Å². The first-order valence-corrected chi connectivity index (χ1v) is 6.56. The number of ether oxygens (including phenoxy) is 1. The number of rotatable bonds is 11. The minimum absolute atomic E-state index is 0.113. The molecule has 0 unspecified atom stereocenters. The van der Waals surface area contributed by atoms with Crippen LogP contribution in [0.1, 0.15) is 57.8 Å². The van der Waals surface area contributed by atoms with Crippen molar-refractivity contribution in [1.82, 2.24) is 0 Å². The van der Waals surface area contributed by atoms with Gasteiger partial charge in [-0.2, -0.15) is 0 Å². The average molecular weight is 242 g/mol. The van der Waals surface area contributed by atoms with E-state index in [4.69, 9.17) is 0 Å². The number of methoxy groups -OCH3 is 1. The molecule has 0 spiro atoms. The summed E-state index contributed by atoms with van der Waals surface area (Å²) in [4.78, 5) is 10.8. The molecule has 0 radical (unpaired) electrons. The Hall–Kier alpha value is -0.830. The Bertz CT molecular complexity index is 202. The quantitative estimate of drug-likeness (QED) is 0.344. The van der Waals surface area contributed by atoms with Crippen molar-refractivity contribution in [1.29, 1.82) is 0 Å². The van der Waals surface area contributed by atoms with Crippen molar-refractivity contribution in [3.63, 3.8) is 0 Å². The molecular formula is C14H26O3. The molecule has 0 saturated heterocycles. The second-order valence-corrected chi connectivity index (χ2v) is 4.41. The van der Waals surface area contributed by atoms with E-state index in [1.54, 1.807) is 6.08 Å². The monoisotopic (exact) mass is 242 g/mol. The van der Waals surface area contributed by atoms with Crippen LogP contribution >= 0.6 is 0 Å². The molecule has 0 aliphatic rings. The van der Waals surface area contributed by atoms with Crippen molar-refractivity contribution in [2.75, 3.05) is 7.11 Å². The Kier molecular flexibility index (Phi) is 11.1. The van der Waals surface area contributed by atoms with Crippen LogP contribution in [0.5, 0.6) is 0 Å². The Labute approximate surface area is 105 Å². The van der Waals surface area contributed by atoms with Crippen molar-refractivity contribution in [2.45, 2.75) is 63.9 Å². The van der Waals surface area contributed by atoms with Gasteiger partial charge in [0.15, 0.2) is 0 Å². The highest BCUT2D eigenvalue weighted by molar-refractivity contribution is 5.68. The molecule has 3 heteroatoms. The van der Waals surface area contributed by atoms with E-state index >= 15 is 0 Å². The van der Waals surface area contributed by atoms with Crippen molar-refractivity contribution >= 4 is 5.97 Å². The molecule has 0 saturated carbocycles. The summed E-state index contributed by atoms with van der Waals surface area (Å²) in [6, 6.07) is 0. The van der Waals surface area contributed by atoms with Gasteiger partial charge in [-0.1, -0.05) is 38.2 Å². The van der Waals surface area contributed by atoms with Gasteiger partial charge in [-0.15, -0.1) is 6.58 Å². The average Bonchev–Trinajstić information content (AvgIpc) is 2.32. The van der Waals surface area contributed by atoms with Crippen molar-refractivity contribution in [3.8, 4) is 0 Å². The molecule has 100 valence electrons. The van der Waals surface area contributed by atoms with Crippen LogP contribution in [0.25, 0.3) is 0 Å². The van der Waals surface area contributed by atoms with Gasteiger partial charge in [-0.25, -0.2) is 0 Å². The second kappa shape index (κ2) is 11.6. The van der Waals surface area contributed by atoms with Crippen LogP contribution in [0, 0.1) is 0 Å². The predicted molar refractivity (Wildman–Crippen MR) is 69.8 cm³/mol. The molecule has 17 heavy (non-hydrogen) atoms. The molecule has 0 amide bonds. The van der Waals surface area contributed by atoms with E-state index < -0.39 is 0 Å². The van der Waals surface area contributed by atoms with E-state index in [-0.39, 0.29) is 12.1 Å². The maximum absolute atomic E-state index is 10.8. The zero-order valence-electron chi connectivity index (χ0n) is 11.0. The fourth-order valence-electron chi connectivity index (χ4n) is 1.77. The Morgan fingerprint density at radius 2 is 1.82 bits per heavy atom. The molecule has 0 aromatic carbocycles. The maximum atomic E-state index is 10.8. The number of hydrogen-bond acceptors (Lipinski definition) is 3. The summed E-state index contributed by atoms with van der Waals surface area (Å²) in [7, 11) is 1.43. The lowest BCUT2D eigenvalue weighted by atomic mass is 10.0. The van der Waals surface area contributed by atoms with Gasteiger partial charge in [0, 0.05) is 6.42 Å².